The van der Waals surface area contributed by atoms with Gasteiger partial charge in [0.2, 0.25) is 0 Å². The summed E-state index contributed by atoms with van der Waals surface area (Å²) in [5, 5.41) is 9.00. The van der Waals surface area contributed by atoms with Crippen LogP contribution in [0.25, 0.3) is 22.6 Å². The van der Waals surface area contributed by atoms with Crippen LogP contribution in [0.4, 0.5) is 0 Å². The van der Waals surface area contributed by atoms with Crippen molar-refractivity contribution in [1.29, 1.82) is 0 Å². The summed E-state index contributed by atoms with van der Waals surface area (Å²) >= 11 is 0. The smallest absolute Gasteiger partial charge is 0.181 e. The molecule has 1 aliphatic heterocycles. The van der Waals surface area contributed by atoms with Gasteiger partial charge >= 0.3 is 0 Å². The zero-order chi connectivity index (χ0) is 21.4. The zero-order valence-corrected chi connectivity index (χ0v) is 17.7. The van der Waals surface area contributed by atoms with Gasteiger partial charge in [-0.3, -0.25) is 14.5 Å². The molecule has 0 bridgehead atoms. The number of Topliss-reactive ketones (excluding diaryl/α,β-unsaturated/α-hetero) is 1. The number of aromatic nitrogens is 6. The summed E-state index contributed by atoms with van der Waals surface area (Å²) in [6.45, 7) is 2.73. The number of carbonyl (C=O) groups excluding carboxylic acids is 1. The van der Waals surface area contributed by atoms with Crippen molar-refractivity contribution >= 4 is 5.78 Å². The van der Waals surface area contributed by atoms with E-state index in [9.17, 15) is 4.79 Å². The standard InChI is InChI=1S/C24H24N6O/c1-16-7-6-10-20(26-16)19-15-25-29(2)23(19)21(31)13-17-11-12-30-22(14-17)27-24(28-30)18-8-4-3-5-9-18/h3-10,15,17H,11-14H2,1-2H3. The molecule has 1 aliphatic rings. The first-order valence-electron chi connectivity index (χ1n) is 10.6. The van der Waals surface area contributed by atoms with E-state index in [0.717, 1.165) is 53.5 Å². The van der Waals surface area contributed by atoms with Crippen LogP contribution in [0.5, 0.6) is 0 Å². The maximum absolute atomic E-state index is 13.3. The van der Waals surface area contributed by atoms with Gasteiger partial charge in [0.15, 0.2) is 11.6 Å². The second kappa shape index (κ2) is 7.91. The summed E-state index contributed by atoms with van der Waals surface area (Å²) in [5.41, 5.74) is 4.13. The minimum absolute atomic E-state index is 0.0968. The highest BCUT2D eigenvalue weighted by Crippen LogP contribution is 2.28. The van der Waals surface area contributed by atoms with Gasteiger partial charge in [0.1, 0.15) is 11.5 Å². The normalized spacial score (nSPS) is 15.6. The minimum atomic E-state index is 0.0968. The van der Waals surface area contributed by atoms with E-state index in [-0.39, 0.29) is 11.7 Å². The molecule has 5 rings (SSSR count). The number of benzene rings is 1. The second-order valence-electron chi connectivity index (χ2n) is 8.12. The van der Waals surface area contributed by atoms with Crippen LogP contribution in [-0.4, -0.2) is 35.3 Å². The molecule has 0 fully saturated rings. The Morgan fingerprint density at radius 3 is 2.74 bits per heavy atom. The molecule has 7 nitrogen and oxygen atoms in total. The number of pyridine rings is 1. The van der Waals surface area contributed by atoms with Crippen LogP contribution in [0, 0.1) is 12.8 Å². The summed E-state index contributed by atoms with van der Waals surface area (Å²) in [5.74, 6) is 2.04. The largest absolute Gasteiger partial charge is 0.292 e. The molecule has 31 heavy (non-hydrogen) atoms. The lowest BCUT2D eigenvalue weighted by Gasteiger charge is -2.21. The van der Waals surface area contributed by atoms with E-state index in [2.05, 4.69) is 15.2 Å². The van der Waals surface area contributed by atoms with Gasteiger partial charge in [-0.25, -0.2) is 9.67 Å². The molecule has 0 saturated heterocycles. The number of carbonyl (C=O) groups is 1. The molecule has 0 amide bonds. The maximum atomic E-state index is 13.3. The number of nitrogens with zero attached hydrogens (tertiary/aromatic N) is 6. The first kappa shape index (κ1) is 19.4. The van der Waals surface area contributed by atoms with Gasteiger partial charge < -0.3 is 0 Å². The highest BCUT2D eigenvalue weighted by molar-refractivity contribution is 6.00. The van der Waals surface area contributed by atoms with Crippen molar-refractivity contribution in [2.24, 2.45) is 13.0 Å². The Morgan fingerprint density at radius 2 is 1.94 bits per heavy atom. The Kier molecular flexibility index (Phi) is 4.94. The molecule has 3 aromatic heterocycles. The van der Waals surface area contributed by atoms with Crippen LogP contribution >= 0.6 is 0 Å². The fourth-order valence-electron chi connectivity index (χ4n) is 4.26. The number of hydrogen-bond donors (Lipinski definition) is 0. The van der Waals surface area contributed by atoms with E-state index >= 15 is 0 Å². The molecule has 1 atom stereocenters. The first-order valence-corrected chi connectivity index (χ1v) is 10.6. The quantitative estimate of drug-likeness (QED) is 0.465. The molecule has 0 radical (unpaired) electrons. The van der Waals surface area contributed by atoms with Crippen LogP contribution in [0.1, 0.15) is 34.8 Å². The van der Waals surface area contributed by atoms with Crippen molar-refractivity contribution in [2.75, 3.05) is 0 Å². The SMILES string of the molecule is Cc1cccc(-c2cnn(C)c2C(=O)CC2CCn3nc(-c4ccccc4)nc3C2)n1. The van der Waals surface area contributed by atoms with Crippen molar-refractivity contribution in [3.8, 4) is 22.6 Å². The Hall–Kier alpha value is -3.61. The lowest BCUT2D eigenvalue weighted by molar-refractivity contribution is 0.0944. The minimum Gasteiger partial charge on any atom is -0.292 e. The molecular formula is C24H24N6O. The third-order valence-electron chi connectivity index (χ3n) is 5.84. The van der Waals surface area contributed by atoms with E-state index in [0.29, 0.717) is 12.1 Å². The van der Waals surface area contributed by atoms with Crippen LogP contribution in [0.3, 0.4) is 0 Å². The molecule has 4 heterocycles. The lowest BCUT2D eigenvalue weighted by Crippen LogP contribution is -2.23. The number of ketones is 1. The van der Waals surface area contributed by atoms with Crippen molar-refractivity contribution < 1.29 is 4.79 Å². The van der Waals surface area contributed by atoms with E-state index in [1.165, 1.54) is 0 Å². The molecule has 1 unspecified atom stereocenters. The van der Waals surface area contributed by atoms with Crippen molar-refractivity contribution in [3.63, 3.8) is 0 Å². The summed E-state index contributed by atoms with van der Waals surface area (Å²) in [6.07, 6.45) is 3.86. The van der Waals surface area contributed by atoms with Crippen molar-refractivity contribution in [2.45, 2.75) is 32.7 Å². The Morgan fingerprint density at radius 1 is 1.10 bits per heavy atom. The molecule has 1 aromatic carbocycles. The van der Waals surface area contributed by atoms with Gasteiger partial charge in [-0.2, -0.15) is 10.2 Å². The summed E-state index contributed by atoms with van der Waals surface area (Å²) in [4.78, 5) is 22.6. The monoisotopic (exact) mass is 412 g/mol. The fourth-order valence-corrected chi connectivity index (χ4v) is 4.26. The number of fused-ring (bicyclic) bond motifs is 1. The Labute approximate surface area is 180 Å². The average Bonchev–Trinajstić information content (AvgIpc) is 3.37. The molecule has 4 aromatic rings. The van der Waals surface area contributed by atoms with E-state index < -0.39 is 0 Å². The molecule has 0 aliphatic carbocycles. The Bertz CT molecular complexity index is 1240. The number of rotatable bonds is 5. The van der Waals surface area contributed by atoms with Gasteiger partial charge in [-0.1, -0.05) is 36.4 Å². The molecular weight excluding hydrogens is 388 g/mol. The van der Waals surface area contributed by atoms with Gasteiger partial charge in [0.25, 0.3) is 0 Å². The highest BCUT2D eigenvalue weighted by Gasteiger charge is 2.27. The van der Waals surface area contributed by atoms with Crippen molar-refractivity contribution in [1.82, 2.24) is 29.5 Å². The predicted molar refractivity (Wildman–Crippen MR) is 117 cm³/mol. The predicted octanol–water partition coefficient (Wildman–Crippen LogP) is 3.88. The summed E-state index contributed by atoms with van der Waals surface area (Å²) in [6, 6.07) is 15.8. The summed E-state index contributed by atoms with van der Waals surface area (Å²) in [7, 11) is 1.82. The topological polar surface area (TPSA) is 78.5 Å². The van der Waals surface area contributed by atoms with Gasteiger partial charge in [-0.05, 0) is 31.4 Å². The number of aryl methyl sites for hydroxylation is 3. The van der Waals surface area contributed by atoms with Gasteiger partial charge in [0.05, 0.1) is 11.9 Å². The molecule has 0 saturated carbocycles. The van der Waals surface area contributed by atoms with E-state index in [4.69, 9.17) is 4.98 Å². The van der Waals surface area contributed by atoms with Crippen LogP contribution in [0.15, 0.2) is 54.7 Å². The van der Waals surface area contributed by atoms with Gasteiger partial charge in [-0.15, -0.1) is 0 Å². The molecule has 156 valence electrons. The lowest BCUT2D eigenvalue weighted by atomic mass is 9.91. The molecule has 0 N–H and O–H groups in total. The third kappa shape index (κ3) is 3.79. The molecule has 7 heteroatoms. The number of hydrogen-bond acceptors (Lipinski definition) is 5. The van der Waals surface area contributed by atoms with Crippen LogP contribution < -0.4 is 0 Å². The highest BCUT2D eigenvalue weighted by atomic mass is 16.1. The van der Waals surface area contributed by atoms with Crippen molar-refractivity contribution in [3.05, 3.63) is 71.9 Å². The Balaban J connectivity index is 1.35. The molecule has 0 spiro atoms. The summed E-state index contributed by atoms with van der Waals surface area (Å²) < 4.78 is 3.65. The van der Waals surface area contributed by atoms with Crippen LogP contribution in [0.2, 0.25) is 0 Å². The average molecular weight is 412 g/mol. The van der Waals surface area contributed by atoms with Crippen LogP contribution in [-0.2, 0) is 20.0 Å². The van der Waals surface area contributed by atoms with E-state index in [1.807, 2.05) is 67.2 Å². The third-order valence-corrected chi connectivity index (χ3v) is 5.84. The zero-order valence-electron chi connectivity index (χ0n) is 17.7. The van der Waals surface area contributed by atoms with E-state index in [1.54, 1.807) is 10.9 Å². The van der Waals surface area contributed by atoms with Gasteiger partial charge in [0, 0.05) is 43.3 Å². The first-order chi connectivity index (χ1) is 15.1. The fraction of sp³-hybridized carbons (Fsp3) is 0.292. The maximum Gasteiger partial charge on any atom is 0.181 e. The second-order valence-corrected chi connectivity index (χ2v) is 8.12.